The van der Waals surface area contributed by atoms with E-state index >= 15 is 0 Å². The van der Waals surface area contributed by atoms with Crippen LogP contribution in [0.5, 0.6) is 0 Å². The molecule has 2 aromatic heterocycles. The summed E-state index contributed by atoms with van der Waals surface area (Å²) in [7, 11) is -1.92. The molecule has 1 aliphatic rings. The van der Waals surface area contributed by atoms with E-state index < -0.39 is 15.9 Å². The summed E-state index contributed by atoms with van der Waals surface area (Å²) in [6.07, 6.45) is 2.77. The van der Waals surface area contributed by atoms with Gasteiger partial charge in [0.15, 0.2) is 0 Å². The van der Waals surface area contributed by atoms with Crippen LogP contribution >= 0.6 is 0 Å². The van der Waals surface area contributed by atoms with Crippen molar-refractivity contribution >= 4 is 21.9 Å². The van der Waals surface area contributed by atoms with Crippen molar-refractivity contribution in [1.29, 1.82) is 0 Å². The Morgan fingerprint density at radius 2 is 1.97 bits per heavy atom. The molecule has 1 aromatic carbocycles. The second-order valence-electron chi connectivity index (χ2n) is 7.26. The molecule has 1 amide bonds. The minimum absolute atomic E-state index is 0.0327. The van der Waals surface area contributed by atoms with Gasteiger partial charge in [-0.1, -0.05) is 22.8 Å². The van der Waals surface area contributed by atoms with Crippen LogP contribution in [0, 0.1) is 12.8 Å². The minimum Gasteiger partial charge on any atom is -0.401 e. The van der Waals surface area contributed by atoms with Crippen molar-refractivity contribution in [3.05, 3.63) is 42.1 Å². The standard InChI is InChI=1S/C19H22N6O4S/c1-13-5-7-15(8-6-13)30(27,28)25-11-3-4-14(12-25)17(26)21-19-23-22-18(29-19)16-9-10-20-24(16)2/h5-10,14H,3-4,11-12H2,1-2H3,(H,21,23,26). The Bertz CT molecular complexity index is 1150. The second kappa shape index (κ2) is 8.00. The number of nitrogens with zero attached hydrogens (tertiary/aromatic N) is 5. The Balaban J connectivity index is 1.44. The van der Waals surface area contributed by atoms with Crippen molar-refractivity contribution in [2.24, 2.45) is 13.0 Å². The number of benzene rings is 1. The SMILES string of the molecule is Cc1ccc(S(=O)(=O)N2CCCC(C(=O)Nc3nnc(-c4ccnn4C)o3)C2)cc1. The van der Waals surface area contributed by atoms with Gasteiger partial charge in [0.1, 0.15) is 5.69 Å². The highest BCUT2D eigenvalue weighted by molar-refractivity contribution is 7.89. The highest BCUT2D eigenvalue weighted by Crippen LogP contribution is 2.25. The molecular weight excluding hydrogens is 408 g/mol. The maximum Gasteiger partial charge on any atom is 0.322 e. The van der Waals surface area contributed by atoms with E-state index in [4.69, 9.17) is 4.42 Å². The molecule has 11 heteroatoms. The summed E-state index contributed by atoms with van der Waals surface area (Å²) >= 11 is 0. The number of carbonyl (C=O) groups is 1. The number of rotatable bonds is 5. The minimum atomic E-state index is -3.66. The number of anilines is 1. The maximum absolute atomic E-state index is 12.9. The van der Waals surface area contributed by atoms with Gasteiger partial charge in [-0.2, -0.15) is 9.40 Å². The molecule has 10 nitrogen and oxygen atoms in total. The monoisotopic (exact) mass is 430 g/mol. The smallest absolute Gasteiger partial charge is 0.322 e. The average Bonchev–Trinajstić information content (AvgIpc) is 3.37. The molecule has 1 saturated heterocycles. The van der Waals surface area contributed by atoms with Gasteiger partial charge in [0.2, 0.25) is 15.9 Å². The van der Waals surface area contributed by atoms with Crippen molar-refractivity contribution in [2.45, 2.75) is 24.7 Å². The lowest BCUT2D eigenvalue weighted by atomic mass is 9.99. The van der Waals surface area contributed by atoms with Crippen molar-refractivity contribution < 1.29 is 17.6 Å². The number of carbonyl (C=O) groups excluding carboxylic acids is 1. The van der Waals surface area contributed by atoms with Gasteiger partial charge in [-0.15, -0.1) is 5.10 Å². The molecule has 0 aliphatic carbocycles. The lowest BCUT2D eigenvalue weighted by Gasteiger charge is -2.30. The largest absolute Gasteiger partial charge is 0.401 e. The van der Waals surface area contributed by atoms with Crippen LogP contribution in [0.3, 0.4) is 0 Å². The third-order valence-corrected chi connectivity index (χ3v) is 6.99. The van der Waals surface area contributed by atoms with Crippen LogP contribution < -0.4 is 5.32 Å². The highest BCUT2D eigenvalue weighted by atomic mass is 32.2. The van der Waals surface area contributed by atoms with E-state index in [2.05, 4.69) is 20.6 Å². The maximum atomic E-state index is 12.9. The summed E-state index contributed by atoms with van der Waals surface area (Å²) in [6.45, 7) is 2.38. The van der Waals surface area contributed by atoms with E-state index in [1.54, 1.807) is 48.3 Å². The topological polar surface area (TPSA) is 123 Å². The fraction of sp³-hybridized carbons (Fsp3) is 0.368. The van der Waals surface area contributed by atoms with Crippen molar-refractivity contribution in [3.63, 3.8) is 0 Å². The van der Waals surface area contributed by atoms with E-state index in [-0.39, 0.29) is 29.3 Å². The molecule has 0 saturated carbocycles. The number of aromatic nitrogens is 4. The molecule has 1 atom stereocenters. The molecule has 158 valence electrons. The van der Waals surface area contributed by atoms with Gasteiger partial charge in [0, 0.05) is 26.3 Å². The number of nitrogens with one attached hydrogen (secondary N) is 1. The van der Waals surface area contributed by atoms with E-state index in [0.29, 0.717) is 25.1 Å². The third-order valence-electron chi connectivity index (χ3n) is 5.11. The van der Waals surface area contributed by atoms with Gasteiger partial charge >= 0.3 is 6.01 Å². The van der Waals surface area contributed by atoms with Crippen LogP contribution in [0.4, 0.5) is 6.01 Å². The zero-order valence-electron chi connectivity index (χ0n) is 16.6. The first-order valence-corrected chi connectivity index (χ1v) is 11.0. The lowest BCUT2D eigenvalue weighted by Crippen LogP contribution is -2.43. The summed E-state index contributed by atoms with van der Waals surface area (Å²) in [5, 5.41) is 14.4. The molecule has 0 spiro atoms. The van der Waals surface area contributed by atoms with Crippen LogP contribution in [-0.4, -0.2) is 51.7 Å². The van der Waals surface area contributed by atoms with Gasteiger partial charge in [-0.3, -0.25) is 14.8 Å². The van der Waals surface area contributed by atoms with Crippen molar-refractivity contribution in [3.8, 4) is 11.6 Å². The van der Waals surface area contributed by atoms with Crippen LogP contribution in [0.2, 0.25) is 0 Å². The molecule has 1 unspecified atom stereocenters. The average molecular weight is 430 g/mol. The molecule has 1 N–H and O–H groups in total. The Morgan fingerprint density at radius 1 is 1.20 bits per heavy atom. The fourth-order valence-corrected chi connectivity index (χ4v) is 4.93. The zero-order chi connectivity index (χ0) is 21.3. The lowest BCUT2D eigenvalue weighted by molar-refractivity contribution is -0.121. The van der Waals surface area contributed by atoms with E-state index in [1.807, 2.05) is 6.92 Å². The first kappa shape index (κ1) is 20.2. The summed E-state index contributed by atoms with van der Waals surface area (Å²) in [5.74, 6) is -0.623. The number of amides is 1. The molecule has 3 heterocycles. The molecule has 30 heavy (non-hydrogen) atoms. The Labute approximate surface area is 174 Å². The van der Waals surface area contributed by atoms with Gasteiger partial charge in [-0.05, 0) is 38.0 Å². The summed E-state index contributed by atoms with van der Waals surface area (Å²) in [5.41, 5.74) is 1.60. The van der Waals surface area contributed by atoms with Crippen LogP contribution in [-0.2, 0) is 21.9 Å². The van der Waals surface area contributed by atoms with E-state index in [9.17, 15) is 13.2 Å². The Kier molecular flexibility index (Phi) is 5.39. The second-order valence-corrected chi connectivity index (χ2v) is 9.19. The molecule has 0 bridgehead atoms. The number of hydrogen-bond donors (Lipinski definition) is 1. The number of piperidine rings is 1. The first-order valence-electron chi connectivity index (χ1n) is 9.54. The third kappa shape index (κ3) is 3.98. The zero-order valence-corrected chi connectivity index (χ0v) is 17.5. The van der Waals surface area contributed by atoms with Gasteiger partial charge in [0.25, 0.3) is 5.89 Å². The van der Waals surface area contributed by atoms with Gasteiger partial charge in [-0.25, -0.2) is 8.42 Å². The van der Waals surface area contributed by atoms with Crippen LogP contribution in [0.15, 0.2) is 45.8 Å². The number of sulfonamides is 1. The molecule has 4 rings (SSSR count). The molecular formula is C19H22N6O4S. The Hall–Kier alpha value is -3.05. The molecule has 0 radical (unpaired) electrons. The summed E-state index contributed by atoms with van der Waals surface area (Å²) < 4.78 is 34.3. The normalized spacial score (nSPS) is 17.7. The van der Waals surface area contributed by atoms with E-state index in [0.717, 1.165) is 5.56 Å². The predicted octanol–water partition coefficient (Wildman–Crippen LogP) is 1.82. The quantitative estimate of drug-likeness (QED) is 0.655. The summed E-state index contributed by atoms with van der Waals surface area (Å²) in [4.78, 5) is 12.9. The van der Waals surface area contributed by atoms with Gasteiger partial charge < -0.3 is 4.42 Å². The molecule has 1 aliphatic heterocycles. The molecule has 1 fully saturated rings. The molecule has 3 aromatic rings. The van der Waals surface area contributed by atoms with Crippen LogP contribution in [0.1, 0.15) is 18.4 Å². The van der Waals surface area contributed by atoms with Gasteiger partial charge in [0.05, 0.1) is 10.8 Å². The predicted molar refractivity (Wildman–Crippen MR) is 108 cm³/mol. The highest BCUT2D eigenvalue weighted by Gasteiger charge is 2.33. The number of aryl methyl sites for hydroxylation is 2. The van der Waals surface area contributed by atoms with Crippen molar-refractivity contribution in [1.82, 2.24) is 24.3 Å². The van der Waals surface area contributed by atoms with Crippen LogP contribution in [0.25, 0.3) is 11.6 Å². The first-order chi connectivity index (χ1) is 14.3. The Morgan fingerprint density at radius 3 is 2.67 bits per heavy atom. The fourth-order valence-electron chi connectivity index (χ4n) is 3.40. The summed E-state index contributed by atoms with van der Waals surface area (Å²) in [6, 6.07) is 8.38. The number of hydrogen-bond acceptors (Lipinski definition) is 7. The van der Waals surface area contributed by atoms with E-state index in [1.165, 1.54) is 4.31 Å². The van der Waals surface area contributed by atoms with Crippen molar-refractivity contribution in [2.75, 3.05) is 18.4 Å².